The smallest absolute Gasteiger partial charge is 0.245 e. The first-order valence-electron chi connectivity index (χ1n) is 11.3. The van der Waals surface area contributed by atoms with E-state index in [4.69, 9.17) is 10.5 Å². The third-order valence-electron chi connectivity index (χ3n) is 6.49. The van der Waals surface area contributed by atoms with E-state index in [1.165, 1.54) is 12.4 Å². The van der Waals surface area contributed by atoms with Gasteiger partial charge in [-0.25, -0.2) is 9.97 Å². The van der Waals surface area contributed by atoms with Gasteiger partial charge >= 0.3 is 0 Å². The standard InChI is InChI=1S/C27H27N5O2/c1-3-22(33)32-14-13-20(15-32)25-23(24-26(28)29-17-30-27(24)31(25)2)19-11-9-18(10-12-19)16-34-21-7-5-4-6-8-21/h3-12,17,20H,1,13-16H2,2H3,(H2,28,29,30)/t20-/m0/s1. The molecule has 0 spiro atoms. The molecule has 0 unspecified atom stereocenters. The van der Waals surface area contributed by atoms with Crippen LogP contribution in [0.5, 0.6) is 5.75 Å². The van der Waals surface area contributed by atoms with Crippen molar-refractivity contribution in [1.82, 2.24) is 19.4 Å². The number of hydrogen-bond acceptors (Lipinski definition) is 5. The van der Waals surface area contributed by atoms with E-state index >= 15 is 0 Å². The molecule has 2 aromatic heterocycles. The molecular formula is C27H27N5O2. The molecule has 0 radical (unpaired) electrons. The van der Waals surface area contributed by atoms with Crippen LogP contribution in [0.4, 0.5) is 5.82 Å². The Labute approximate surface area is 198 Å². The van der Waals surface area contributed by atoms with Crippen molar-refractivity contribution in [2.75, 3.05) is 18.8 Å². The Morgan fingerprint density at radius 1 is 1.18 bits per heavy atom. The van der Waals surface area contributed by atoms with Crippen LogP contribution in [0.15, 0.2) is 73.6 Å². The summed E-state index contributed by atoms with van der Waals surface area (Å²) in [5.74, 6) is 1.42. The molecule has 1 amide bonds. The zero-order chi connectivity index (χ0) is 23.7. The maximum Gasteiger partial charge on any atom is 0.245 e. The molecule has 3 heterocycles. The zero-order valence-corrected chi connectivity index (χ0v) is 19.1. The van der Waals surface area contributed by atoms with Crippen molar-refractivity contribution in [2.24, 2.45) is 7.05 Å². The number of likely N-dealkylation sites (tertiary alicyclic amines) is 1. The highest BCUT2D eigenvalue weighted by Crippen LogP contribution is 2.42. The lowest BCUT2D eigenvalue weighted by molar-refractivity contribution is -0.125. The molecular weight excluding hydrogens is 426 g/mol. The highest BCUT2D eigenvalue weighted by Gasteiger charge is 2.32. The number of aryl methyl sites for hydroxylation is 1. The van der Waals surface area contributed by atoms with Crippen molar-refractivity contribution >= 4 is 22.8 Å². The average Bonchev–Trinajstić information content (AvgIpc) is 3.47. The number of para-hydroxylation sites is 1. The number of amides is 1. The molecule has 1 saturated heterocycles. The molecule has 2 aromatic carbocycles. The van der Waals surface area contributed by atoms with Crippen LogP contribution in [0.25, 0.3) is 22.2 Å². The average molecular weight is 454 g/mol. The number of rotatable bonds is 6. The molecule has 7 heteroatoms. The number of nitrogen functional groups attached to an aromatic ring is 1. The number of anilines is 1. The fourth-order valence-corrected chi connectivity index (χ4v) is 4.83. The molecule has 0 aliphatic carbocycles. The summed E-state index contributed by atoms with van der Waals surface area (Å²) in [5, 5.41) is 0.849. The second-order valence-corrected chi connectivity index (χ2v) is 8.55. The molecule has 1 fully saturated rings. The topological polar surface area (TPSA) is 86.3 Å². The van der Waals surface area contributed by atoms with Gasteiger partial charge in [0.2, 0.25) is 5.91 Å². The molecule has 2 N–H and O–H groups in total. The number of carbonyl (C=O) groups is 1. The van der Waals surface area contributed by atoms with Gasteiger partial charge in [-0.2, -0.15) is 0 Å². The third kappa shape index (κ3) is 3.90. The molecule has 7 nitrogen and oxygen atoms in total. The first-order valence-corrected chi connectivity index (χ1v) is 11.3. The lowest BCUT2D eigenvalue weighted by Gasteiger charge is -2.17. The van der Waals surface area contributed by atoms with Gasteiger partial charge in [0, 0.05) is 37.3 Å². The molecule has 5 rings (SSSR count). The minimum absolute atomic E-state index is 0.0371. The minimum atomic E-state index is -0.0371. The maximum atomic E-state index is 12.2. The highest BCUT2D eigenvalue weighted by atomic mass is 16.5. The Bertz CT molecular complexity index is 1350. The van der Waals surface area contributed by atoms with Crippen molar-refractivity contribution in [3.8, 4) is 16.9 Å². The monoisotopic (exact) mass is 453 g/mol. The Balaban J connectivity index is 1.52. The summed E-state index contributed by atoms with van der Waals surface area (Å²) in [4.78, 5) is 22.8. The highest BCUT2D eigenvalue weighted by molar-refractivity contribution is 6.02. The van der Waals surface area contributed by atoms with Gasteiger partial charge in [-0.1, -0.05) is 49.0 Å². The van der Waals surface area contributed by atoms with Crippen molar-refractivity contribution in [3.63, 3.8) is 0 Å². The van der Waals surface area contributed by atoms with Crippen LogP contribution in [0.2, 0.25) is 0 Å². The predicted molar refractivity (Wildman–Crippen MR) is 133 cm³/mol. The van der Waals surface area contributed by atoms with Crippen molar-refractivity contribution in [2.45, 2.75) is 18.9 Å². The van der Waals surface area contributed by atoms with E-state index in [-0.39, 0.29) is 11.8 Å². The van der Waals surface area contributed by atoms with E-state index in [0.717, 1.165) is 45.6 Å². The van der Waals surface area contributed by atoms with Gasteiger partial charge in [0.1, 0.15) is 30.1 Å². The Morgan fingerprint density at radius 3 is 2.68 bits per heavy atom. The largest absolute Gasteiger partial charge is 0.489 e. The Hall–Kier alpha value is -4.13. The third-order valence-corrected chi connectivity index (χ3v) is 6.49. The van der Waals surface area contributed by atoms with Crippen molar-refractivity contribution in [1.29, 1.82) is 0 Å². The van der Waals surface area contributed by atoms with Crippen LogP contribution in [0.3, 0.4) is 0 Å². The van der Waals surface area contributed by atoms with Crippen LogP contribution >= 0.6 is 0 Å². The number of nitrogens with two attached hydrogens (primary N) is 1. The molecule has 1 aliphatic rings. The van der Waals surface area contributed by atoms with E-state index in [9.17, 15) is 4.79 Å². The zero-order valence-electron chi connectivity index (χ0n) is 19.1. The molecule has 172 valence electrons. The lowest BCUT2D eigenvalue weighted by Crippen LogP contribution is -2.26. The van der Waals surface area contributed by atoms with E-state index in [0.29, 0.717) is 25.5 Å². The van der Waals surface area contributed by atoms with Gasteiger partial charge in [-0.3, -0.25) is 4.79 Å². The number of aromatic nitrogens is 3. The summed E-state index contributed by atoms with van der Waals surface area (Å²) in [6.45, 7) is 5.46. The number of fused-ring (bicyclic) bond motifs is 1. The van der Waals surface area contributed by atoms with E-state index in [1.807, 2.05) is 42.3 Å². The SMILES string of the molecule is C=CC(=O)N1CC[C@H](c2c(-c3ccc(COc4ccccc4)cc3)c3c(N)ncnc3n2C)C1. The number of nitrogens with zero attached hydrogens (tertiary/aromatic N) is 4. The molecule has 0 saturated carbocycles. The number of ether oxygens (including phenoxy) is 1. The van der Waals surface area contributed by atoms with Gasteiger partial charge in [-0.05, 0) is 35.8 Å². The summed E-state index contributed by atoms with van der Waals surface area (Å²) in [6, 6.07) is 18.1. The van der Waals surface area contributed by atoms with Gasteiger partial charge in [0.15, 0.2) is 0 Å². The second kappa shape index (κ2) is 9.02. The lowest BCUT2D eigenvalue weighted by atomic mass is 9.94. The van der Waals surface area contributed by atoms with Gasteiger partial charge in [-0.15, -0.1) is 0 Å². The van der Waals surface area contributed by atoms with Crippen molar-refractivity contribution < 1.29 is 9.53 Å². The molecule has 4 aromatic rings. The summed E-state index contributed by atoms with van der Waals surface area (Å²) in [6.07, 6.45) is 3.75. The first-order chi connectivity index (χ1) is 16.6. The summed E-state index contributed by atoms with van der Waals surface area (Å²) >= 11 is 0. The van der Waals surface area contributed by atoms with Crippen LogP contribution in [-0.2, 0) is 18.4 Å². The van der Waals surface area contributed by atoms with Crippen molar-refractivity contribution in [3.05, 3.63) is 84.8 Å². The van der Waals surface area contributed by atoms with Crippen LogP contribution in [0.1, 0.15) is 23.6 Å². The molecule has 1 aliphatic heterocycles. The van der Waals surface area contributed by atoms with Gasteiger partial charge in [0.25, 0.3) is 0 Å². The second-order valence-electron chi connectivity index (χ2n) is 8.55. The fourth-order valence-electron chi connectivity index (χ4n) is 4.83. The van der Waals surface area contributed by atoms with E-state index < -0.39 is 0 Å². The van der Waals surface area contributed by atoms with Gasteiger partial charge < -0.3 is 19.9 Å². The summed E-state index contributed by atoms with van der Waals surface area (Å²) in [7, 11) is 2.01. The maximum absolute atomic E-state index is 12.2. The molecule has 1 atom stereocenters. The number of carbonyl (C=O) groups excluding carboxylic acids is 1. The molecule has 0 bridgehead atoms. The van der Waals surface area contributed by atoms with E-state index in [2.05, 4.69) is 45.4 Å². The van der Waals surface area contributed by atoms with E-state index in [1.54, 1.807) is 0 Å². The van der Waals surface area contributed by atoms with Gasteiger partial charge in [0.05, 0.1) is 5.39 Å². The number of benzene rings is 2. The summed E-state index contributed by atoms with van der Waals surface area (Å²) in [5.41, 5.74) is 11.4. The minimum Gasteiger partial charge on any atom is -0.489 e. The normalized spacial score (nSPS) is 15.6. The van der Waals surface area contributed by atoms with Crippen LogP contribution in [-0.4, -0.2) is 38.4 Å². The fraction of sp³-hybridized carbons (Fsp3) is 0.222. The number of hydrogen-bond donors (Lipinski definition) is 1. The quantitative estimate of drug-likeness (QED) is 0.440. The predicted octanol–water partition coefficient (Wildman–Crippen LogP) is 4.30. The summed E-state index contributed by atoms with van der Waals surface area (Å²) < 4.78 is 7.99. The molecule has 34 heavy (non-hydrogen) atoms. The van der Waals surface area contributed by atoms with Crippen LogP contribution in [0, 0.1) is 0 Å². The van der Waals surface area contributed by atoms with Crippen LogP contribution < -0.4 is 10.5 Å². The Morgan fingerprint density at radius 2 is 1.94 bits per heavy atom. The first kappa shape index (κ1) is 21.7. The Kier molecular flexibility index (Phi) is 5.76.